The third-order valence-electron chi connectivity index (χ3n) is 6.65. The van der Waals surface area contributed by atoms with Gasteiger partial charge >= 0.3 is 6.09 Å². The van der Waals surface area contributed by atoms with Crippen LogP contribution in [0, 0.1) is 12.8 Å². The van der Waals surface area contributed by atoms with Gasteiger partial charge in [0.1, 0.15) is 6.61 Å². The summed E-state index contributed by atoms with van der Waals surface area (Å²) in [6, 6.07) is 26.8. The van der Waals surface area contributed by atoms with Crippen LogP contribution in [0.1, 0.15) is 29.2 Å². The van der Waals surface area contributed by atoms with Gasteiger partial charge in [0.25, 0.3) is 0 Å². The molecule has 0 saturated carbocycles. The van der Waals surface area contributed by atoms with Gasteiger partial charge in [-0.25, -0.2) is 9.69 Å². The highest BCUT2D eigenvalue weighted by atomic mass is 16.6. The van der Waals surface area contributed by atoms with Crippen molar-refractivity contribution in [2.45, 2.75) is 51.5 Å². The highest BCUT2D eigenvalue weighted by Crippen LogP contribution is 2.26. The normalized spacial score (nSPS) is 17.9. The van der Waals surface area contributed by atoms with Crippen molar-refractivity contribution < 1.29 is 24.2 Å². The molecule has 0 aliphatic carbocycles. The molecule has 4 atom stereocenters. The van der Waals surface area contributed by atoms with Gasteiger partial charge in [0.05, 0.1) is 30.8 Å². The number of aliphatic hydroxyl groups is 1. The first-order chi connectivity index (χ1) is 17.4. The number of carbonyl (C=O) groups excluding carboxylic acids is 2. The molecule has 1 fully saturated rings. The Kier molecular flexibility index (Phi) is 8.52. The number of hydrogen-bond acceptors (Lipinski definition) is 5. The Morgan fingerprint density at radius 1 is 0.972 bits per heavy atom. The van der Waals surface area contributed by atoms with Crippen molar-refractivity contribution in [1.29, 1.82) is 0 Å². The van der Waals surface area contributed by atoms with Gasteiger partial charge in [-0.05, 0) is 43.4 Å². The largest absolute Gasteiger partial charge is 0.447 e. The molecular formula is C30H33NO5. The van der Waals surface area contributed by atoms with Crippen molar-refractivity contribution in [2.75, 3.05) is 6.61 Å². The first kappa shape index (κ1) is 25.6. The molecule has 1 heterocycles. The molecule has 4 rings (SSSR count). The highest BCUT2D eigenvalue weighted by molar-refractivity contribution is 5.95. The number of carbonyl (C=O) groups is 2. The lowest BCUT2D eigenvalue weighted by molar-refractivity contribution is -0.142. The topological polar surface area (TPSA) is 76.1 Å². The summed E-state index contributed by atoms with van der Waals surface area (Å²) >= 11 is 0. The lowest BCUT2D eigenvalue weighted by Crippen LogP contribution is -2.49. The average Bonchev–Trinajstić information content (AvgIpc) is 3.26. The molecule has 188 valence electrons. The van der Waals surface area contributed by atoms with Gasteiger partial charge < -0.3 is 14.6 Å². The van der Waals surface area contributed by atoms with Crippen LogP contribution in [0.25, 0.3) is 0 Å². The Hall–Kier alpha value is -3.48. The molecule has 2 amide bonds. The summed E-state index contributed by atoms with van der Waals surface area (Å²) in [4.78, 5) is 27.7. The molecule has 6 heteroatoms. The molecule has 0 spiro atoms. The molecule has 3 aromatic rings. The summed E-state index contributed by atoms with van der Waals surface area (Å²) in [5, 5.41) is 11.3. The summed E-state index contributed by atoms with van der Waals surface area (Å²) in [6.45, 7) is 4.20. The smallest absolute Gasteiger partial charge is 0.416 e. The second-order valence-electron chi connectivity index (χ2n) is 9.42. The second-order valence-corrected chi connectivity index (χ2v) is 9.42. The first-order valence-corrected chi connectivity index (χ1v) is 12.3. The highest BCUT2D eigenvalue weighted by Gasteiger charge is 2.43. The van der Waals surface area contributed by atoms with Gasteiger partial charge in [0.15, 0.2) is 0 Å². The Morgan fingerprint density at radius 3 is 2.22 bits per heavy atom. The first-order valence-electron chi connectivity index (χ1n) is 12.3. The van der Waals surface area contributed by atoms with Crippen molar-refractivity contribution in [2.24, 2.45) is 5.92 Å². The summed E-state index contributed by atoms with van der Waals surface area (Å²) in [7, 11) is 0. The van der Waals surface area contributed by atoms with Gasteiger partial charge in [-0.1, -0.05) is 90.5 Å². The van der Waals surface area contributed by atoms with E-state index in [1.165, 1.54) is 4.90 Å². The number of nitrogens with zero attached hydrogens (tertiary/aromatic N) is 1. The quantitative estimate of drug-likeness (QED) is 0.448. The Morgan fingerprint density at radius 2 is 1.58 bits per heavy atom. The van der Waals surface area contributed by atoms with Crippen molar-refractivity contribution in [3.05, 3.63) is 107 Å². The number of amides is 2. The predicted octanol–water partition coefficient (Wildman–Crippen LogP) is 4.71. The van der Waals surface area contributed by atoms with Gasteiger partial charge in [-0.3, -0.25) is 4.79 Å². The van der Waals surface area contributed by atoms with E-state index in [0.717, 1.165) is 22.3 Å². The third-order valence-corrected chi connectivity index (χ3v) is 6.65. The summed E-state index contributed by atoms with van der Waals surface area (Å²) < 4.78 is 11.2. The zero-order valence-electron chi connectivity index (χ0n) is 20.7. The van der Waals surface area contributed by atoms with Crippen LogP contribution in [0.15, 0.2) is 84.9 Å². The summed E-state index contributed by atoms with van der Waals surface area (Å²) in [5.41, 5.74) is 3.99. The monoisotopic (exact) mass is 487 g/mol. The standard InChI is InChI=1S/C30H33NO5/c1-21-13-15-24(16-14-21)18-27(28(32)22(2)35-19-25-11-7-4-8-12-25)29(33)31-26(20-36-30(31)34)17-23-9-5-3-6-10-23/h3-16,22,26-28,32H,17-20H2,1-2H3. The maximum Gasteiger partial charge on any atom is 0.416 e. The van der Waals surface area contributed by atoms with Gasteiger partial charge in [-0.15, -0.1) is 0 Å². The number of imide groups is 1. The van der Waals surface area contributed by atoms with E-state index in [1.54, 1.807) is 6.92 Å². The minimum Gasteiger partial charge on any atom is -0.447 e. The van der Waals surface area contributed by atoms with Crippen LogP contribution in [0.2, 0.25) is 0 Å². The Labute approximate surface area is 212 Å². The Balaban J connectivity index is 1.54. The Bertz CT molecular complexity index is 1130. The maximum atomic E-state index is 13.9. The fraction of sp³-hybridized carbons (Fsp3) is 0.333. The van der Waals surface area contributed by atoms with E-state index in [9.17, 15) is 14.7 Å². The molecule has 1 saturated heterocycles. The van der Waals surface area contributed by atoms with E-state index in [-0.39, 0.29) is 13.0 Å². The molecule has 3 aromatic carbocycles. The third kappa shape index (κ3) is 6.39. The second kappa shape index (κ2) is 12.0. The molecule has 0 aromatic heterocycles. The molecule has 1 aliphatic heterocycles. The number of benzene rings is 3. The number of rotatable bonds is 10. The minimum absolute atomic E-state index is 0.132. The molecule has 6 nitrogen and oxygen atoms in total. The lowest BCUT2D eigenvalue weighted by atomic mass is 9.89. The molecule has 1 N–H and O–H groups in total. The molecule has 36 heavy (non-hydrogen) atoms. The molecule has 4 unspecified atom stereocenters. The van der Waals surface area contributed by atoms with Crippen molar-refractivity contribution in [1.82, 2.24) is 4.90 Å². The van der Waals surface area contributed by atoms with E-state index in [4.69, 9.17) is 9.47 Å². The summed E-state index contributed by atoms with van der Waals surface area (Å²) in [6.07, 6.45) is -1.64. The predicted molar refractivity (Wildman–Crippen MR) is 137 cm³/mol. The number of aliphatic hydroxyl groups excluding tert-OH is 1. The summed E-state index contributed by atoms with van der Waals surface area (Å²) in [5.74, 6) is -1.32. The number of ether oxygens (including phenoxy) is 2. The van der Waals surface area contributed by atoms with E-state index in [1.807, 2.05) is 91.9 Å². The van der Waals surface area contributed by atoms with E-state index < -0.39 is 36.2 Å². The van der Waals surface area contributed by atoms with Crippen LogP contribution in [0.5, 0.6) is 0 Å². The van der Waals surface area contributed by atoms with E-state index in [0.29, 0.717) is 13.0 Å². The molecule has 0 bridgehead atoms. The zero-order chi connectivity index (χ0) is 25.5. The van der Waals surface area contributed by atoms with Crippen LogP contribution in [-0.2, 0) is 33.7 Å². The van der Waals surface area contributed by atoms with Crippen molar-refractivity contribution in [3.63, 3.8) is 0 Å². The van der Waals surface area contributed by atoms with Crippen molar-refractivity contribution >= 4 is 12.0 Å². The van der Waals surface area contributed by atoms with Gasteiger partial charge in [-0.2, -0.15) is 0 Å². The number of aryl methyl sites for hydroxylation is 1. The molecular weight excluding hydrogens is 454 g/mol. The maximum absolute atomic E-state index is 13.9. The van der Waals surface area contributed by atoms with E-state index >= 15 is 0 Å². The van der Waals surface area contributed by atoms with Gasteiger partial charge in [0, 0.05) is 0 Å². The fourth-order valence-electron chi connectivity index (χ4n) is 4.51. The van der Waals surface area contributed by atoms with Crippen LogP contribution in [0.4, 0.5) is 4.79 Å². The number of cyclic esters (lactones) is 1. The SMILES string of the molecule is Cc1ccc(CC(C(=O)N2C(=O)OCC2Cc2ccccc2)C(O)C(C)OCc2ccccc2)cc1. The van der Waals surface area contributed by atoms with Crippen LogP contribution in [-0.4, -0.2) is 46.9 Å². The molecule has 0 radical (unpaired) electrons. The lowest BCUT2D eigenvalue weighted by Gasteiger charge is -2.31. The van der Waals surface area contributed by atoms with Crippen LogP contribution in [0.3, 0.4) is 0 Å². The van der Waals surface area contributed by atoms with E-state index in [2.05, 4.69) is 0 Å². The molecule has 1 aliphatic rings. The van der Waals surface area contributed by atoms with Crippen LogP contribution < -0.4 is 0 Å². The van der Waals surface area contributed by atoms with Crippen molar-refractivity contribution in [3.8, 4) is 0 Å². The fourth-order valence-corrected chi connectivity index (χ4v) is 4.51. The minimum atomic E-state index is -1.12. The van der Waals surface area contributed by atoms with Gasteiger partial charge in [0.2, 0.25) is 5.91 Å². The zero-order valence-corrected chi connectivity index (χ0v) is 20.7. The average molecular weight is 488 g/mol. The van der Waals surface area contributed by atoms with Crippen LogP contribution >= 0.6 is 0 Å². The number of hydrogen-bond donors (Lipinski definition) is 1.